The Morgan fingerprint density at radius 3 is 2.57 bits per heavy atom. The van der Waals surface area contributed by atoms with Crippen molar-refractivity contribution in [2.75, 3.05) is 0 Å². The molecule has 0 radical (unpaired) electrons. The largest absolute Gasteiger partial charge is 0.359 e. The number of halogens is 1. The van der Waals surface area contributed by atoms with E-state index in [4.69, 9.17) is 4.84 Å². The molecule has 0 N–H and O–H groups in total. The second-order valence-electron chi connectivity index (χ2n) is 6.81. The first-order valence-corrected chi connectivity index (χ1v) is 7.80. The molecule has 0 aromatic carbocycles. The molecule has 4 fully saturated rings. The van der Waals surface area contributed by atoms with Crippen LogP contribution in [0.2, 0.25) is 0 Å². The van der Waals surface area contributed by atoms with Crippen molar-refractivity contribution in [3.8, 4) is 0 Å². The Morgan fingerprint density at radius 1 is 1.38 bits per heavy atom. The summed E-state index contributed by atoms with van der Waals surface area (Å²) in [5.41, 5.74) is -0.486. The van der Waals surface area contributed by atoms with Crippen molar-refractivity contribution in [1.82, 2.24) is 5.16 Å². The summed E-state index contributed by atoms with van der Waals surface area (Å²) in [7, 11) is 0. The van der Waals surface area contributed by atoms with Crippen LogP contribution in [0.5, 0.6) is 0 Å². The summed E-state index contributed by atoms with van der Waals surface area (Å²) < 4.78 is 4.97. The van der Waals surface area contributed by atoms with Gasteiger partial charge in [-0.15, -0.1) is 10.1 Å². The van der Waals surface area contributed by atoms with Gasteiger partial charge in [-0.3, -0.25) is 4.63 Å². The zero-order chi connectivity index (χ0) is 14.8. The average Bonchev–Trinajstić information content (AvgIpc) is 2.67. The summed E-state index contributed by atoms with van der Waals surface area (Å²) >= 11 is 3.23. The summed E-state index contributed by atoms with van der Waals surface area (Å²) in [5, 5.41) is 25.6. The molecule has 8 nitrogen and oxygen atoms in total. The zero-order valence-corrected chi connectivity index (χ0v) is 12.7. The molecule has 0 saturated heterocycles. The lowest BCUT2D eigenvalue weighted by Crippen LogP contribution is -2.59. The molecule has 0 aliphatic heterocycles. The van der Waals surface area contributed by atoms with Crippen LogP contribution in [-0.4, -0.2) is 15.8 Å². The molecule has 0 spiro atoms. The fourth-order valence-electron chi connectivity index (χ4n) is 5.27. The molecule has 1 heterocycles. The minimum Gasteiger partial charge on any atom is -0.359 e. The fraction of sp³-hybridized carbons (Fsp3) is 0.833. The minimum atomic E-state index is -0.723. The lowest BCUT2D eigenvalue weighted by molar-refractivity contribution is -0.811. The highest BCUT2D eigenvalue weighted by Gasteiger charge is 2.63. The van der Waals surface area contributed by atoms with E-state index in [1.807, 2.05) is 0 Å². The SMILES string of the molecule is O=[N+]([O-])OC12C[C@H]3C[C@H](C1)CC(c1no[n+]([O-])c1Br)(C3)C2. The van der Waals surface area contributed by atoms with Crippen molar-refractivity contribution >= 4 is 15.9 Å². The van der Waals surface area contributed by atoms with Crippen LogP contribution >= 0.6 is 15.9 Å². The maximum atomic E-state index is 11.5. The first-order valence-electron chi connectivity index (χ1n) is 7.01. The Morgan fingerprint density at radius 2 is 2.05 bits per heavy atom. The van der Waals surface area contributed by atoms with Gasteiger partial charge >= 0.3 is 0 Å². The van der Waals surface area contributed by atoms with E-state index in [9.17, 15) is 15.3 Å². The van der Waals surface area contributed by atoms with Crippen LogP contribution in [0, 0.1) is 27.2 Å². The van der Waals surface area contributed by atoms with Gasteiger partial charge in [-0.05, 0) is 55.3 Å². The van der Waals surface area contributed by atoms with E-state index in [1.54, 1.807) is 0 Å². The van der Waals surface area contributed by atoms with Crippen LogP contribution in [0.1, 0.15) is 44.2 Å². The molecule has 5 rings (SSSR count). The molecule has 4 aliphatic carbocycles. The lowest BCUT2D eigenvalue weighted by Gasteiger charge is -2.59. The van der Waals surface area contributed by atoms with Crippen molar-refractivity contribution in [1.29, 1.82) is 0 Å². The van der Waals surface area contributed by atoms with Gasteiger partial charge in [0.15, 0.2) is 0 Å². The topological polar surface area (TPSA) is 105 Å². The van der Waals surface area contributed by atoms with E-state index in [0.29, 0.717) is 28.9 Å². The molecular weight excluding hydrogens is 346 g/mol. The van der Waals surface area contributed by atoms with E-state index in [0.717, 1.165) is 32.1 Å². The zero-order valence-electron chi connectivity index (χ0n) is 11.2. The standard InChI is InChI=1S/C12H14BrN3O5/c13-10-9(14-21-15(10)17)11-2-7-1-8(3-11)5-12(4-7,6-11)20-16(18)19/h7-8H,1-6H2/t7-,8-,11?,12?/m0/s1. The molecule has 2 atom stereocenters. The molecule has 114 valence electrons. The predicted molar refractivity (Wildman–Crippen MR) is 70.3 cm³/mol. The quantitative estimate of drug-likeness (QED) is 0.463. The third-order valence-electron chi connectivity index (χ3n) is 5.34. The van der Waals surface area contributed by atoms with E-state index >= 15 is 0 Å². The first kappa shape index (κ1) is 13.3. The van der Waals surface area contributed by atoms with Gasteiger partial charge in [0, 0.05) is 26.5 Å². The molecule has 4 bridgehead atoms. The normalized spacial score (nSPS) is 40.4. The molecule has 0 unspecified atom stereocenters. The molecule has 4 aliphatic rings. The highest BCUT2D eigenvalue weighted by atomic mass is 79.9. The third-order valence-corrected chi connectivity index (χ3v) is 6.01. The molecule has 0 amide bonds. The average molecular weight is 360 g/mol. The molecule has 4 saturated carbocycles. The molecule has 1 aromatic rings. The Labute approximate surface area is 128 Å². The van der Waals surface area contributed by atoms with Gasteiger partial charge in [0.1, 0.15) is 5.60 Å². The Balaban J connectivity index is 1.77. The highest BCUT2D eigenvalue weighted by molar-refractivity contribution is 9.10. The van der Waals surface area contributed by atoms with Gasteiger partial charge in [-0.2, -0.15) is 0 Å². The monoisotopic (exact) mass is 359 g/mol. The first-order chi connectivity index (χ1) is 9.91. The maximum absolute atomic E-state index is 11.5. The van der Waals surface area contributed by atoms with Crippen molar-refractivity contribution < 1.29 is 19.5 Å². The molecule has 9 heteroatoms. The Bertz CT molecular complexity index is 604. The summed E-state index contributed by atoms with van der Waals surface area (Å²) in [4.78, 5) is 16.3. The number of rotatable bonds is 3. The number of aromatic nitrogens is 2. The number of nitrogens with zero attached hydrogens (tertiary/aromatic N) is 3. The van der Waals surface area contributed by atoms with Crippen LogP contribution < -0.4 is 4.90 Å². The second-order valence-corrected chi connectivity index (χ2v) is 7.56. The van der Waals surface area contributed by atoms with Gasteiger partial charge in [0.25, 0.3) is 9.69 Å². The fourth-order valence-corrected chi connectivity index (χ4v) is 5.83. The summed E-state index contributed by atoms with van der Waals surface area (Å²) in [6.07, 6.45) is 4.82. The minimum absolute atomic E-state index is 0.278. The van der Waals surface area contributed by atoms with Crippen molar-refractivity contribution in [3.05, 3.63) is 25.6 Å². The summed E-state index contributed by atoms with van der Waals surface area (Å²) in [6, 6.07) is 0. The number of hydrogen-bond donors (Lipinski definition) is 0. The highest BCUT2D eigenvalue weighted by Crippen LogP contribution is 2.63. The van der Waals surface area contributed by atoms with E-state index < -0.39 is 10.7 Å². The van der Waals surface area contributed by atoms with Crippen LogP contribution in [-0.2, 0) is 10.3 Å². The molecule has 1 aromatic heterocycles. The Kier molecular flexibility index (Phi) is 2.59. The number of hydrogen-bond acceptors (Lipinski definition) is 6. The second kappa shape index (κ2) is 4.08. The summed E-state index contributed by atoms with van der Waals surface area (Å²) in [5.74, 6) is 0.768. The van der Waals surface area contributed by atoms with Gasteiger partial charge in [0.2, 0.25) is 5.69 Å². The smallest absolute Gasteiger partial charge is 0.295 e. The van der Waals surface area contributed by atoms with Crippen LogP contribution in [0.3, 0.4) is 0 Å². The molecule has 21 heavy (non-hydrogen) atoms. The predicted octanol–water partition coefficient (Wildman–Crippen LogP) is 1.87. The van der Waals surface area contributed by atoms with Crippen molar-refractivity contribution in [3.63, 3.8) is 0 Å². The van der Waals surface area contributed by atoms with Crippen molar-refractivity contribution in [2.45, 2.75) is 49.5 Å². The van der Waals surface area contributed by atoms with Crippen LogP contribution in [0.4, 0.5) is 0 Å². The van der Waals surface area contributed by atoms with Crippen LogP contribution in [0.25, 0.3) is 0 Å². The van der Waals surface area contributed by atoms with Crippen LogP contribution in [0.15, 0.2) is 9.23 Å². The van der Waals surface area contributed by atoms with Gasteiger partial charge < -0.3 is 10.0 Å². The maximum Gasteiger partial charge on any atom is 0.295 e. The van der Waals surface area contributed by atoms with Gasteiger partial charge in [0.05, 0.1) is 0 Å². The lowest BCUT2D eigenvalue weighted by atomic mass is 9.47. The van der Waals surface area contributed by atoms with E-state index in [2.05, 4.69) is 25.7 Å². The molecular formula is C12H14BrN3O5. The van der Waals surface area contributed by atoms with E-state index in [1.165, 1.54) is 0 Å². The van der Waals surface area contributed by atoms with Gasteiger partial charge in [-0.1, -0.05) is 0 Å². The van der Waals surface area contributed by atoms with Gasteiger partial charge in [-0.25, -0.2) is 0 Å². The van der Waals surface area contributed by atoms with E-state index in [-0.39, 0.29) is 10.0 Å². The van der Waals surface area contributed by atoms with Crippen molar-refractivity contribution in [2.24, 2.45) is 11.8 Å². The third kappa shape index (κ3) is 1.86. The summed E-state index contributed by atoms with van der Waals surface area (Å²) in [6.45, 7) is 0. The Hall–Kier alpha value is -1.38.